The summed E-state index contributed by atoms with van der Waals surface area (Å²) in [6.45, 7) is 2.13. The van der Waals surface area contributed by atoms with Gasteiger partial charge in [-0.05, 0) is 24.1 Å². The molecule has 1 heterocycles. The van der Waals surface area contributed by atoms with Crippen molar-refractivity contribution in [3.8, 4) is 6.07 Å². The summed E-state index contributed by atoms with van der Waals surface area (Å²) in [7, 11) is 0. The molecule has 0 aliphatic carbocycles. The molecule has 0 bridgehead atoms. The lowest BCUT2D eigenvalue weighted by atomic mass is 10.1. The largest absolute Gasteiger partial charge is 0.351 e. The number of fused-ring (bicyclic) bond motifs is 1. The van der Waals surface area contributed by atoms with Gasteiger partial charge in [0.25, 0.3) is 0 Å². The van der Waals surface area contributed by atoms with Crippen molar-refractivity contribution >= 4 is 16.9 Å². The zero-order chi connectivity index (χ0) is 13.8. The van der Waals surface area contributed by atoms with Crippen molar-refractivity contribution in [2.24, 2.45) is 5.92 Å². The fourth-order valence-corrected chi connectivity index (χ4v) is 1.84. The van der Waals surface area contributed by atoms with Gasteiger partial charge in [-0.2, -0.15) is 5.26 Å². The monoisotopic (exact) mass is 258 g/mol. The molecule has 6 heteroatoms. The average molecular weight is 258 g/mol. The molecule has 1 aromatic heterocycles. The number of aromatic amines is 2. The number of benzene rings is 1. The van der Waals surface area contributed by atoms with E-state index in [-0.39, 0.29) is 11.6 Å². The first-order chi connectivity index (χ1) is 9.13. The Morgan fingerprint density at radius 1 is 1.42 bits per heavy atom. The van der Waals surface area contributed by atoms with E-state index in [0.717, 1.165) is 11.1 Å². The van der Waals surface area contributed by atoms with Crippen LogP contribution in [0.3, 0.4) is 0 Å². The van der Waals surface area contributed by atoms with Crippen LogP contribution in [0.4, 0.5) is 0 Å². The van der Waals surface area contributed by atoms with E-state index >= 15 is 0 Å². The highest BCUT2D eigenvalue weighted by Gasteiger charge is 2.14. The highest BCUT2D eigenvalue weighted by molar-refractivity contribution is 5.81. The van der Waals surface area contributed by atoms with Crippen LogP contribution in [0.1, 0.15) is 18.9 Å². The maximum absolute atomic E-state index is 11.6. The van der Waals surface area contributed by atoms with Gasteiger partial charge in [-0.25, -0.2) is 4.79 Å². The van der Waals surface area contributed by atoms with Crippen molar-refractivity contribution in [1.82, 2.24) is 15.3 Å². The van der Waals surface area contributed by atoms with E-state index in [1.54, 1.807) is 19.1 Å². The molecule has 6 nitrogen and oxygen atoms in total. The quantitative estimate of drug-likeness (QED) is 0.763. The molecule has 1 aromatic carbocycles. The van der Waals surface area contributed by atoms with Crippen LogP contribution in [-0.2, 0) is 11.3 Å². The molecular weight excluding hydrogens is 244 g/mol. The van der Waals surface area contributed by atoms with Gasteiger partial charge in [-0.1, -0.05) is 13.0 Å². The average Bonchev–Trinajstić information content (AvgIpc) is 2.77. The van der Waals surface area contributed by atoms with Gasteiger partial charge in [0.15, 0.2) is 0 Å². The zero-order valence-corrected chi connectivity index (χ0v) is 10.5. The van der Waals surface area contributed by atoms with Crippen LogP contribution in [-0.4, -0.2) is 15.9 Å². The standard InChI is InChI=1S/C13H14N4O2/c1-2-9(6-14)12(18)15-7-8-3-4-10-11(5-8)17-13(19)16-10/h3-5,9H,2,7H2,1H3,(H,15,18)(H2,16,17,19). The number of rotatable bonds is 4. The van der Waals surface area contributed by atoms with Gasteiger partial charge < -0.3 is 15.3 Å². The maximum Gasteiger partial charge on any atom is 0.323 e. The number of nitrogens with one attached hydrogen (secondary N) is 3. The van der Waals surface area contributed by atoms with E-state index < -0.39 is 5.92 Å². The van der Waals surface area contributed by atoms with Crippen LogP contribution in [0.2, 0.25) is 0 Å². The smallest absolute Gasteiger partial charge is 0.323 e. The molecule has 0 radical (unpaired) electrons. The predicted molar refractivity (Wildman–Crippen MR) is 70.2 cm³/mol. The SMILES string of the molecule is CCC(C#N)C(=O)NCc1ccc2[nH]c(=O)[nH]c2c1. The van der Waals surface area contributed by atoms with Gasteiger partial charge in [0.05, 0.1) is 17.1 Å². The molecule has 98 valence electrons. The van der Waals surface area contributed by atoms with Crippen molar-refractivity contribution in [1.29, 1.82) is 5.26 Å². The normalized spacial score (nSPS) is 12.0. The Kier molecular flexibility index (Phi) is 3.66. The van der Waals surface area contributed by atoms with Crippen LogP contribution in [0, 0.1) is 17.2 Å². The fourth-order valence-electron chi connectivity index (χ4n) is 1.84. The van der Waals surface area contributed by atoms with Crippen LogP contribution >= 0.6 is 0 Å². The molecule has 3 N–H and O–H groups in total. The summed E-state index contributed by atoms with van der Waals surface area (Å²) in [6, 6.07) is 7.34. The Labute approximate surface area is 109 Å². The van der Waals surface area contributed by atoms with Gasteiger partial charge in [-0.3, -0.25) is 4.79 Å². The summed E-state index contributed by atoms with van der Waals surface area (Å²) in [5.41, 5.74) is 2.03. The first-order valence-corrected chi connectivity index (χ1v) is 6.02. The first kappa shape index (κ1) is 12.9. The molecule has 19 heavy (non-hydrogen) atoms. The number of amides is 1. The van der Waals surface area contributed by atoms with E-state index in [1.807, 2.05) is 12.1 Å². The Bertz CT molecular complexity index is 692. The number of nitrogens with zero attached hydrogens (tertiary/aromatic N) is 1. The molecule has 0 aliphatic rings. The molecule has 0 spiro atoms. The molecule has 1 amide bonds. The second-order valence-corrected chi connectivity index (χ2v) is 4.27. The van der Waals surface area contributed by atoms with Crippen molar-refractivity contribution in [3.63, 3.8) is 0 Å². The van der Waals surface area contributed by atoms with Crippen LogP contribution in [0.25, 0.3) is 11.0 Å². The molecule has 1 atom stereocenters. The summed E-state index contributed by atoms with van der Waals surface area (Å²) >= 11 is 0. The second kappa shape index (κ2) is 5.40. The molecule has 0 saturated heterocycles. The lowest BCUT2D eigenvalue weighted by Crippen LogP contribution is -2.29. The summed E-state index contributed by atoms with van der Waals surface area (Å²) in [5, 5.41) is 11.5. The molecule has 0 fully saturated rings. The number of nitriles is 1. The van der Waals surface area contributed by atoms with Crippen LogP contribution in [0.5, 0.6) is 0 Å². The topological polar surface area (TPSA) is 102 Å². The molecule has 1 unspecified atom stereocenters. The van der Waals surface area contributed by atoms with Crippen LogP contribution in [0.15, 0.2) is 23.0 Å². The highest BCUT2D eigenvalue weighted by atomic mass is 16.2. The molecule has 0 aliphatic heterocycles. The maximum atomic E-state index is 11.6. The van der Waals surface area contributed by atoms with E-state index in [4.69, 9.17) is 5.26 Å². The minimum Gasteiger partial charge on any atom is -0.351 e. The molecule has 2 aromatic rings. The third-order valence-electron chi connectivity index (χ3n) is 2.93. The lowest BCUT2D eigenvalue weighted by molar-refractivity contribution is -0.123. The molecular formula is C13H14N4O2. The van der Waals surface area contributed by atoms with E-state index in [1.165, 1.54) is 0 Å². The number of aromatic nitrogens is 2. The third-order valence-corrected chi connectivity index (χ3v) is 2.93. The number of carbonyl (C=O) groups excluding carboxylic acids is 1. The summed E-state index contributed by atoms with van der Waals surface area (Å²) < 4.78 is 0. The third kappa shape index (κ3) is 2.83. The first-order valence-electron chi connectivity index (χ1n) is 6.02. The Hall–Kier alpha value is -2.55. The zero-order valence-electron chi connectivity index (χ0n) is 10.5. The minimum absolute atomic E-state index is 0.258. The summed E-state index contributed by atoms with van der Waals surface area (Å²) in [4.78, 5) is 28.1. The van der Waals surface area contributed by atoms with E-state index in [2.05, 4.69) is 15.3 Å². The molecule has 0 saturated carbocycles. The summed E-state index contributed by atoms with van der Waals surface area (Å²) in [5.74, 6) is -0.886. The number of imidazole rings is 1. The number of hydrogen-bond acceptors (Lipinski definition) is 3. The van der Waals surface area contributed by atoms with Gasteiger partial charge in [0.2, 0.25) is 5.91 Å². The van der Waals surface area contributed by atoms with Crippen LogP contribution < -0.4 is 11.0 Å². The van der Waals surface area contributed by atoms with Gasteiger partial charge >= 0.3 is 5.69 Å². The van der Waals surface area contributed by atoms with Crippen molar-refractivity contribution in [2.45, 2.75) is 19.9 Å². The number of hydrogen-bond donors (Lipinski definition) is 3. The van der Waals surface area contributed by atoms with Crippen molar-refractivity contribution in [2.75, 3.05) is 0 Å². The van der Waals surface area contributed by atoms with Gasteiger partial charge in [0.1, 0.15) is 5.92 Å². The lowest BCUT2D eigenvalue weighted by Gasteiger charge is -2.08. The highest BCUT2D eigenvalue weighted by Crippen LogP contribution is 2.10. The van der Waals surface area contributed by atoms with Gasteiger partial charge in [0, 0.05) is 6.54 Å². The summed E-state index contributed by atoms with van der Waals surface area (Å²) in [6.07, 6.45) is 0.493. The van der Waals surface area contributed by atoms with E-state index in [9.17, 15) is 9.59 Å². The van der Waals surface area contributed by atoms with Crippen molar-refractivity contribution in [3.05, 3.63) is 34.2 Å². The Balaban J connectivity index is 2.08. The Morgan fingerprint density at radius 3 is 2.84 bits per heavy atom. The number of H-pyrrole nitrogens is 2. The predicted octanol–water partition coefficient (Wildman–Crippen LogP) is 1.02. The minimum atomic E-state index is -0.615. The second-order valence-electron chi connectivity index (χ2n) is 4.27. The Morgan fingerprint density at radius 2 is 2.16 bits per heavy atom. The number of carbonyl (C=O) groups is 1. The van der Waals surface area contributed by atoms with Crippen molar-refractivity contribution < 1.29 is 4.79 Å². The van der Waals surface area contributed by atoms with E-state index in [0.29, 0.717) is 18.5 Å². The van der Waals surface area contributed by atoms with Gasteiger partial charge in [-0.15, -0.1) is 0 Å². The fraction of sp³-hybridized carbons (Fsp3) is 0.308. The molecule has 2 rings (SSSR count).